The molecule has 1 spiro atoms. The van der Waals surface area contributed by atoms with Gasteiger partial charge in [-0.3, -0.25) is 0 Å². The van der Waals surface area contributed by atoms with E-state index in [0.29, 0.717) is 6.54 Å². The highest BCUT2D eigenvalue weighted by atomic mass is 16.5. The molecule has 1 heterocycles. The van der Waals surface area contributed by atoms with Crippen molar-refractivity contribution in [3.63, 3.8) is 0 Å². The third kappa shape index (κ3) is 3.24. The van der Waals surface area contributed by atoms with Crippen LogP contribution < -0.4 is 9.47 Å². The Hall–Kier alpha value is -1.91. The number of methoxy groups -OCH3 is 2. The number of ether oxygens (including phenoxy) is 2. The lowest BCUT2D eigenvalue weighted by molar-refractivity contribution is 0.118. The predicted molar refractivity (Wildman–Crippen MR) is 103 cm³/mol. The number of carbonyl (C=O) groups is 1. The fourth-order valence-electron chi connectivity index (χ4n) is 4.74. The lowest BCUT2D eigenvalue weighted by Crippen LogP contribution is -2.52. The Morgan fingerprint density at radius 1 is 1.08 bits per heavy atom. The summed E-state index contributed by atoms with van der Waals surface area (Å²) in [7, 11) is 3.36. The van der Waals surface area contributed by atoms with Crippen LogP contribution in [0.5, 0.6) is 11.5 Å². The van der Waals surface area contributed by atoms with Crippen molar-refractivity contribution in [1.29, 1.82) is 0 Å². The van der Waals surface area contributed by atoms with Gasteiger partial charge in [-0.25, -0.2) is 4.79 Å². The first-order valence-corrected chi connectivity index (χ1v) is 9.87. The van der Waals surface area contributed by atoms with Gasteiger partial charge in [0.05, 0.1) is 14.2 Å². The molecule has 0 saturated heterocycles. The molecule has 0 atom stereocenters. The molecule has 3 rings (SSSR count). The zero-order chi connectivity index (χ0) is 18.7. The van der Waals surface area contributed by atoms with Gasteiger partial charge in [-0.1, -0.05) is 19.3 Å². The first-order chi connectivity index (χ1) is 12.6. The van der Waals surface area contributed by atoms with Crippen LogP contribution in [-0.4, -0.2) is 49.7 Å². The van der Waals surface area contributed by atoms with Gasteiger partial charge in [0.25, 0.3) is 0 Å². The Labute approximate surface area is 157 Å². The third-order valence-electron chi connectivity index (χ3n) is 6.15. The van der Waals surface area contributed by atoms with E-state index < -0.39 is 0 Å². The van der Waals surface area contributed by atoms with Crippen molar-refractivity contribution in [3.8, 4) is 11.5 Å². The van der Waals surface area contributed by atoms with Gasteiger partial charge in [-0.05, 0) is 49.9 Å². The van der Waals surface area contributed by atoms with Crippen molar-refractivity contribution < 1.29 is 14.3 Å². The first kappa shape index (κ1) is 18.9. The second-order valence-electron chi connectivity index (χ2n) is 7.52. The summed E-state index contributed by atoms with van der Waals surface area (Å²) < 4.78 is 11.1. The number of hydrogen-bond donors (Lipinski definition) is 0. The van der Waals surface area contributed by atoms with E-state index >= 15 is 0 Å². The average Bonchev–Trinajstić information content (AvgIpc) is 2.68. The molecule has 1 aromatic carbocycles. The number of urea groups is 1. The highest BCUT2D eigenvalue weighted by Gasteiger charge is 2.43. The smallest absolute Gasteiger partial charge is 0.320 e. The van der Waals surface area contributed by atoms with Crippen LogP contribution >= 0.6 is 0 Å². The zero-order valence-corrected chi connectivity index (χ0v) is 16.6. The predicted octanol–water partition coefficient (Wildman–Crippen LogP) is 4.18. The molecule has 0 bridgehead atoms. The number of carbonyl (C=O) groups excluding carboxylic acids is 1. The van der Waals surface area contributed by atoms with Crippen LogP contribution in [0.4, 0.5) is 4.79 Å². The molecule has 144 valence electrons. The summed E-state index contributed by atoms with van der Waals surface area (Å²) in [5.41, 5.74) is 2.61. The molecule has 1 saturated carbocycles. The minimum Gasteiger partial charge on any atom is -0.493 e. The number of hydrogen-bond acceptors (Lipinski definition) is 3. The molecular formula is C21H32N2O3. The van der Waals surface area contributed by atoms with Crippen LogP contribution in [0.25, 0.3) is 0 Å². The van der Waals surface area contributed by atoms with Gasteiger partial charge in [0.15, 0.2) is 11.5 Å². The standard InChI is InChI=1S/C21H32N2O3/c1-5-22(6-2)20(24)23-14-16-12-18(25-3)19(26-4)13-17(16)21(15-23)10-8-7-9-11-21/h12-13H,5-11,14-15H2,1-4H3. The summed E-state index contributed by atoms with van der Waals surface area (Å²) in [6.07, 6.45) is 6.01. The normalized spacial score (nSPS) is 18.4. The van der Waals surface area contributed by atoms with E-state index in [1.165, 1.54) is 30.4 Å². The summed E-state index contributed by atoms with van der Waals surface area (Å²) >= 11 is 0. The van der Waals surface area contributed by atoms with Gasteiger partial charge in [-0.2, -0.15) is 0 Å². The lowest BCUT2D eigenvalue weighted by Gasteiger charge is -2.47. The second-order valence-corrected chi connectivity index (χ2v) is 7.52. The fourth-order valence-corrected chi connectivity index (χ4v) is 4.74. The van der Waals surface area contributed by atoms with Crippen LogP contribution in [0, 0.1) is 0 Å². The van der Waals surface area contributed by atoms with Gasteiger partial charge in [0.2, 0.25) is 0 Å². The Balaban J connectivity index is 2.04. The van der Waals surface area contributed by atoms with Gasteiger partial charge >= 0.3 is 6.03 Å². The summed E-state index contributed by atoms with van der Waals surface area (Å²) in [5, 5.41) is 0. The third-order valence-corrected chi connectivity index (χ3v) is 6.15. The average molecular weight is 360 g/mol. The van der Waals surface area contributed by atoms with Crippen molar-refractivity contribution >= 4 is 6.03 Å². The maximum atomic E-state index is 13.1. The summed E-state index contributed by atoms with van der Waals surface area (Å²) in [6, 6.07) is 4.39. The summed E-state index contributed by atoms with van der Waals surface area (Å²) in [4.78, 5) is 17.0. The SMILES string of the molecule is CCN(CC)C(=O)N1Cc2cc(OC)c(OC)cc2C2(CCCCC2)C1. The van der Waals surface area contributed by atoms with E-state index in [9.17, 15) is 4.79 Å². The molecule has 26 heavy (non-hydrogen) atoms. The highest BCUT2D eigenvalue weighted by Crippen LogP contribution is 2.47. The van der Waals surface area contributed by atoms with Crippen LogP contribution in [0.15, 0.2) is 12.1 Å². The van der Waals surface area contributed by atoms with Crippen LogP contribution in [0.2, 0.25) is 0 Å². The molecule has 0 N–H and O–H groups in total. The molecule has 2 amide bonds. The molecule has 0 radical (unpaired) electrons. The van der Waals surface area contributed by atoms with E-state index in [1.54, 1.807) is 14.2 Å². The molecule has 1 aliphatic carbocycles. The van der Waals surface area contributed by atoms with Gasteiger partial charge < -0.3 is 19.3 Å². The number of amides is 2. The van der Waals surface area contributed by atoms with E-state index in [-0.39, 0.29) is 11.4 Å². The Morgan fingerprint density at radius 3 is 2.27 bits per heavy atom. The number of rotatable bonds is 4. The van der Waals surface area contributed by atoms with Crippen LogP contribution in [0.1, 0.15) is 57.1 Å². The quantitative estimate of drug-likeness (QED) is 0.809. The lowest BCUT2D eigenvalue weighted by atomic mass is 9.66. The monoisotopic (exact) mass is 360 g/mol. The summed E-state index contributed by atoms with van der Waals surface area (Å²) in [6.45, 7) is 7.04. The molecule has 5 heteroatoms. The zero-order valence-electron chi connectivity index (χ0n) is 16.6. The topological polar surface area (TPSA) is 42.0 Å². The Kier molecular flexibility index (Phi) is 5.64. The van der Waals surface area contributed by atoms with Crippen LogP contribution in [0.3, 0.4) is 0 Å². The largest absolute Gasteiger partial charge is 0.493 e. The Morgan fingerprint density at radius 2 is 1.69 bits per heavy atom. The first-order valence-electron chi connectivity index (χ1n) is 9.87. The van der Waals surface area contributed by atoms with E-state index in [2.05, 4.69) is 12.1 Å². The van der Waals surface area contributed by atoms with Crippen molar-refractivity contribution in [1.82, 2.24) is 9.80 Å². The van der Waals surface area contributed by atoms with E-state index in [1.807, 2.05) is 23.6 Å². The molecule has 5 nitrogen and oxygen atoms in total. The fraction of sp³-hybridized carbons (Fsp3) is 0.667. The molecule has 0 aromatic heterocycles. The minimum absolute atomic E-state index is 0.0498. The number of fused-ring (bicyclic) bond motifs is 2. The van der Waals surface area contributed by atoms with Crippen molar-refractivity contribution in [2.75, 3.05) is 33.9 Å². The van der Waals surface area contributed by atoms with E-state index in [0.717, 1.165) is 44.0 Å². The summed E-state index contributed by atoms with van der Waals surface area (Å²) in [5.74, 6) is 1.54. The highest BCUT2D eigenvalue weighted by molar-refractivity contribution is 5.75. The Bertz CT molecular complexity index is 649. The van der Waals surface area contributed by atoms with Crippen molar-refractivity contribution in [2.45, 2.75) is 57.9 Å². The molecule has 0 unspecified atom stereocenters. The maximum Gasteiger partial charge on any atom is 0.320 e. The molecule has 2 aliphatic rings. The number of nitrogens with zero attached hydrogens (tertiary/aromatic N) is 2. The van der Waals surface area contributed by atoms with Gasteiger partial charge in [0, 0.05) is 31.6 Å². The molecular weight excluding hydrogens is 328 g/mol. The number of benzene rings is 1. The minimum atomic E-state index is 0.0498. The molecule has 1 fully saturated rings. The van der Waals surface area contributed by atoms with Gasteiger partial charge in [-0.15, -0.1) is 0 Å². The molecule has 1 aliphatic heterocycles. The molecule has 1 aromatic rings. The maximum absolute atomic E-state index is 13.1. The van der Waals surface area contributed by atoms with Crippen molar-refractivity contribution in [3.05, 3.63) is 23.3 Å². The second kappa shape index (κ2) is 7.77. The van der Waals surface area contributed by atoms with E-state index in [4.69, 9.17) is 9.47 Å². The van der Waals surface area contributed by atoms with Crippen molar-refractivity contribution in [2.24, 2.45) is 0 Å². The van der Waals surface area contributed by atoms with Crippen LogP contribution in [-0.2, 0) is 12.0 Å². The van der Waals surface area contributed by atoms with Gasteiger partial charge in [0.1, 0.15) is 0 Å².